The van der Waals surface area contributed by atoms with Gasteiger partial charge in [0.15, 0.2) is 5.13 Å². The van der Waals surface area contributed by atoms with Gasteiger partial charge in [-0.3, -0.25) is 9.59 Å². The smallest absolute Gasteiger partial charge is 0.226 e. The van der Waals surface area contributed by atoms with Crippen LogP contribution in [0, 0.1) is 0 Å². The zero-order valence-corrected chi connectivity index (χ0v) is 18.3. The number of amides is 2. The molecule has 1 aromatic heterocycles. The number of ether oxygens (including phenoxy) is 2. The Morgan fingerprint density at radius 1 is 1.03 bits per heavy atom. The number of anilines is 1. The molecule has 0 saturated carbocycles. The van der Waals surface area contributed by atoms with Crippen molar-refractivity contribution in [1.29, 1.82) is 0 Å². The molecule has 0 saturated heterocycles. The van der Waals surface area contributed by atoms with Gasteiger partial charge in [0.1, 0.15) is 11.5 Å². The molecule has 2 aromatic carbocycles. The first-order valence-electron chi connectivity index (χ1n) is 9.89. The third kappa shape index (κ3) is 7.11. The van der Waals surface area contributed by atoms with Crippen molar-refractivity contribution in [2.45, 2.75) is 26.3 Å². The molecular weight excluding hydrogens is 414 g/mol. The highest BCUT2D eigenvalue weighted by molar-refractivity contribution is 7.14. The lowest BCUT2D eigenvalue weighted by Gasteiger charge is -2.07. The van der Waals surface area contributed by atoms with Gasteiger partial charge >= 0.3 is 0 Å². The number of thiazole rings is 1. The maximum absolute atomic E-state index is 12.2. The fourth-order valence-electron chi connectivity index (χ4n) is 2.76. The third-order valence-electron chi connectivity index (χ3n) is 4.42. The van der Waals surface area contributed by atoms with Crippen molar-refractivity contribution < 1.29 is 19.1 Å². The van der Waals surface area contributed by atoms with Gasteiger partial charge in [-0.05, 0) is 36.2 Å². The van der Waals surface area contributed by atoms with E-state index >= 15 is 0 Å². The van der Waals surface area contributed by atoms with Crippen molar-refractivity contribution >= 4 is 28.3 Å². The van der Waals surface area contributed by atoms with E-state index in [-0.39, 0.29) is 11.8 Å². The number of benzene rings is 2. The standard InChI is InChI=1S/C23H25N3O4S/c1-16(27)24-14-17-5-7-18(8-6-17)21-15-31-23(25-21)26-22(28)4-3-13-30-20-11-9-19(29-2)10-12-20/h5-12,15H,3-4,13-14H2,1-2H3,(H,24,27)(H,25,26,28). The van der Waals surface area contributed by atoms with Crippen molar-refractivity contribution in [2.75, 3.05) is 19.0 Å². The summed E-state index contributed by atoms with van der Waals surface area (Å²) in [5.41, 5.74) is 2.77. The molecule has 31 heavy (non-hydrogen) atoms. The van der Waals surface area contributed by atoms with Crippen LogP contribution >= 0.6 is 11.3 Å². The summed E-state index contributed by atoms with van der Waals surface area (Å²) in [6.07, 6.45) is 0.953. The second-order valence-electron chi connectivity index (χ2n) is 6.82. The van der Waals surface area contributed by atoms with E-state index in [2.05, 4.69) is 15.6 Å². The fraction of sp³-hybridized carbons (Fsp3) is 0.261. The number of nitrogens with zero attached hydrogens (tertiary/aromatic N) is 1. The van der Waals surface area contributed by atoms with Gasteiger partial charge in [0, 0.05) is 30.8 Å². The Morgan fingerprint density at radius 3 is 2.42 bits per heavy atom. The molecule has 0 aliphatic heterocycles. The lowest BCUT2D eigenvalue weighted by atomic mass is 10.1. The molecule has 162 valence electrons. The van der Waals surface area contributed by atoms with Crippen LogP contribution in [0.2, 0.25) is 0 Å². The Labute approximate surface area is 185 Å². The maximum Gasteiger partial charge on any atom is 0.226 e. The summed E-state index contributed by atoms with van der Waals surface area (Å²) in [5.74, 6) is 1.37. The van der Waals surface area contributed by atoms with Gasteiger partial charge in [0.05, 0.1) is 19.4 Å². The molecule has 0 aliphatic rings. The predicted octanol–water partition coefficient (Wildman–Crippen LogP) is 4.25. The normalized spacial score (nSPS) is 10.4. The van der Waals surface area contributed by atoms with E-state index in [1.54, 1.807) is 7.11 Å². The average Bonchev–Trinajstić information content (AvgIpc) is 3.24. The van der Waals surface area contributed by atoms with Gasteiger partial charge in [0.25, 0.3) is 0 Å². The molecular formula is C23H25N3O4S. The SMILES string of the molecule is COc1ccc(OCCCC(=O)Nc2nc(-c3ccc(CNC(C)=O)cc3)cs2)cc1. The van der Waals surface area contributed by atoms with Crippen molar-refractivity contribution in [1.82, 2.24) is 10.3 Å². The van der Waals surface area contributed by atoms with Crippen LogP contribution in [0.1, 0.15) is 25.3 Å². The number of carbonyl (C=O) groups excluding carboxylic acids is 2. The minimum atomic E-state index is -0.0927. The lowest BCUT2D eigenvalue weighted by Crippen LogP contribution is -2.18. The van der Waals surface area contributed by atoms with Crippen LogP contribution in [0.4, 0.5) is 5.13 Å². The van der Waals surface area contributed by atoms with Gasteiger partial charge < -0.3 is 20.1 Å². The Balaban J connectivity index is 1.42. The molecule has 0 fully saturated rings. The number of aromatic nitrogens is 1. The van der Waals surface area contributed by atoms with E-state index in [9.17, 15) is 9.59 Å². The summed E-state index contributed by atoms with van der Waals surface area (Å²) in [7, 11) is 1.62. The van der Waals surface area contributed by atoms with Gasteiger partial charge in [0.2, 0.25) is 11.8 Å². The van der Waals surface area contributed by atoms with E-state index in [0.29, 0.717) is 31.1 Å². The molecule has 0 bridgehead atoms. The van der Waals surface area contributed by atoms with Crippen molar-refractivity contribution in [2.24, 2.45) is 0 Å². The van der Waals surface area contributed by atoms with Crippen LogP contribution in [-0.4, -0.2) is 30.5 Å². The van der Waals surface area contributed by atoms with Crippen molar-refractivity contribution in [3.8, 4) is 22.8 Å². The highest BCUT2D eigenvalue weighted by Crippen LogP contribution is 2.25. The average molecular weight is 440 g/mol. The van der Waals surface area contributed by atoms with Crippen molar-refractivity contribution in [3.63, 3.8) is 0 Å². The molecule has 8 heteroatoms. The van der Waals surface area contributed by atoms with Crippen LogP contribution in [-0.2, 0) is 16.1 Å². The number of hydrogen-bond acceptors (Lipinski definition) is 6. The number of hydrogen-bond donors (Lipinski definition) is 2. The number of rotatable bonds is 10. The minimum absolute atomic E-state index is 0.0590. The molecule has 2 amide bonds. The second-order valence-corrected chi connectivity index (χ2v) is 7.68. The third-order valence-corrected chi connectivity index (χ3v) is 5.18. The summed E-state index contributed by atoms with van der Waals surface area (Å²) >= 11 is 1.39. The van der Waals surface area contributed by atoms with Crippen LogP contribution in [0.25, 0.3) is 11.3 Å². The quantitative estimate of drug-likeness (QED) is 0.461. The number of nitrogens with one attached hydrogen (secondary N) is 2. The predicted molar refractivity (Wildman–Crippen MR) is 121 cm³/mol. The Bertz CT molecular complexity index is 1000. The highest BCUT2D eigenvalue weighted by atomic mass is 32.1. The molecule has 0 atom stereocenters. The molecule has 1 heterocycles. The molecule has 7 nitrogen and oxygen atoms in total. The Kier molecular flexibility index (Phi) is 8.00. The largest absolute Gasteiger partial charge is 0.497 e. The van der Waals surface area contributed by atoms with Gasteiger partial charge in [-0.2, -0.15) is 0 Å². The first-order chi connectivity index (χ1) is 15.0. The minimum Gasteiger partial charge on any atom is -0.497 e. The molecule has 0 radical (unpaired) electrons. The topological polar surface area (TPSA) is 89.6 Å². The lowest BCUT2D eigenvalue weighted by molar-refractivity contribution is -0.119. The highest BCUT2D eigenvalue weighted by Gasteiger charge is 2.09. The molecule has 0 unspecified atom stereocenters. The molecule has 0 aliphatic carbocycles. The van der Waals surface area contributed by atoms with Crippen LogP contribution < -0.4 is 20.1 Å². The number of carbonyl (C=O) groups is 2. The van der Waals surface area contributed by atoms with E-state index in [1.807, 2.05) is 53.9 Å². The molecule has 3 aromatic rings. The van der Waals surface area contributed by atoms with Crippen molar-refractivity contribution in [3.05, 3.63) is 59.5 Å². The van der Waals surface area contributed by atoms with Gasteiger partial charge in [-0.15, -0.1) is 11.3 Å². The summed E-state index contributed by atoms with van der Waals surface area (Å²) in [5, 5.41) is 8.08. The Morgan fingerprint density at radius 2 is 1.74 bits per heavy atom. The number of methoxy groups -OCH3 is 1. The summed E-state index contributed by atoms with van der Waals surface area (Å²) < 4.78 is 10.7. The molecule has 0 spiro atoms. The monoisotopic (exact) mass is 439 g/mol. The van der Waals surface area contributed by atoms with E-state index in [4.69, 9.17) is 9.47 Å². The zero-order valence-electron chi connectivity index (χ0n) is 17.5. The fourth-order valence-corrected chi connectivity index (χ4v) is 3.50. The summed E-state index contributed by atoms with van der Waals surface area (Å²) in [6.45, 7) is 2.44. The second kappa shape index (κ2) is 11.1. The Hall–Kier alpha value is -3.39. The van der Waals surface area contributed by atoms with E-state index < -0.39 is 0 Å². The van der Waals surface area contributed by atoms with E-state index in [0.717, 1.165) is 28.3 Å². The molecule has 2 N–H and O–H groups in total. The molecule has 3 rings (SSSR count). The first kappa shape index (κ1) is 22.3. The van der Waals surface area contributed by atoms with Crippen LogP contribution in [0.15, 0.2) is 53.9 Å². The van der Waals surface area contributed by atoms with Crippen LogP contribution in [0.5, 0.6) is 11.5 Å². The van der Waals surface area contributed by atoms with Gasteiger partial charge in [-0.25, -0.2) is 4.98 Å². The van der Waals surface area contributed by atoms with Gasteiger partial charge in [-0.1, -0.05) is 24.3 Å². The first-order valence-corrected chi connectivity index (χ1v) is 10.8. The van der Waals surface area contributed by atoms with E-state index in [1.165, 1.54) is 18.3 Å². The summed E-state index contributed by atoms with van der Waals surface area (Å²) in [4.78, 5) is 27.7. The zero-order chi connectivity index (χ0) is 22.1. The maximum atomic E-state index is 12.2. The van der Waals surface area contributed by atoms with Crippen LogP contribution in [0.3, 0.4) is 0 Å². The summed E-state index contributed by atoms with van der Waals surface area (Å²) in [6, 6.07) is 15.1.